The predicted octanol–water partition coefficient (Wildman–Crippen LogP) is 4.97. The van der Waals surface area contributed by atoms with Gasteiger partial charge in [0.25, 0.3) is 5.91 Å². The normalized spacial score (nSPS) is 10.5. The van der Waals surface area contributed by atoms with Crippen molar-refractivity contribution in [1.29, 1.82) is 0 Å². The molecule has 2 N–H and O–H groups in total. The fraction of sp³-hybridized carbons (Fsp3) is 0.100. The fourth-order valence-corrected chi connectivity index (χ4v) is 2.47. The van der Waals surface area contributed by atoms with Crippen molar-refractivity contribution in [2.24, 2.45) is 0 Å². The molecule has 0 atom stereocenters. The SMILES string of the molecule is Cc1ccc(NC(=O)c2ccc(Nc3ccc(F)c(F)c3)nc2)c(C)c1. The molecule has 1 aromatic heterocycles. The van der Waals surface area contributed by atoms with E-state index in [1.165, 1.54) is 12.3 Å². The molecule has 0 spiro atoms. The van der Waals surface area contributed by atoms with E-state index >= 15 is 0 Å². The van der Waals surface area contributed by atoms with E-state index in [4.69, 9.17) is 0 Å². The van der Waals surface area contributed by atoms with Crippen LogP contribution in [0.5, 0.6) is 0 Å². The molecule has 3 rings (SSSR count). The Balaban J connectivity index is 1.70. The monoisotopic (exact) mass is 353 g/mol. The fourth-order valence-electron chi connectivity index (χ4n) is 2.47. The van der Waals surface area contributed by atoms with Crippen LogP contribution in [0.15, 0.2) is 54.7 Å². The summed E-state index contributed by atoms with van der Waals surface area (Å²) in [5.74, 6) is -1.72. The molecule has 0 aliphatic heterocycles. The number of hydrogen-bond acceptors (Lipinski definition) is 3. The zero-order valence-corrected chi connectivity index (χ0v) is 14.3. The lowest BCUT2D eigenvalue weighted by Crippen LogP contribution is -2.13. The van der Waals surface area contributed by atoms with Gasteiger partial charge in [0.15, 0.2) is 11.6 Å². The maximum absolute atomic E-state index is 13.2. The maximum atomic E-state index is 13.2. The Hall–Kier alpha value is -3.28. The molecule has 0 unspecified atom stereocenters. The standard InChI is InChI=1S/C20H17F2N3O/c1-12-3-7-18(13(2)9-12)25-20(26)14-4-8-19(23-11-14)24-15-5-6-16(21)17(22)10-15/h3-11H,1-2H3,(H,23,24)(H,25,26). The van der Waals surface area contributed by atoms with Gasteiger partial charge in [0.1, 0.15) is 5.82 Å². The van der Waals surface area contributed by atoms with Crippen LogP contribution >= 0.6 is 0 Å². The van der Waals surface area contributed by atoms with Crippen LogP contribution in [-0.2, 0) is 0 Å². The molecule has 2 aromatic carbocycles. The van der Waals surface area contributed by atoms with Gasteiger partial charge in [0.05, 0.1) is 5.56 Å². The average Bonchev–Trinajstić information content (AvgIpc) is 2.61. The highest BCUT2D eigenvalue weighted by atomic mass is 19.2. The number of carbonyl (C=O) groups is 1. The highest BCUT2D eigenvalue weighted by Gasteiger charge is 2.09. The largest absolute Gasteiger partial charge is 0.340 e. The summed E-state index contributed by atoms with van der Waals surface area (Å²) < 4.78 is 26.2. The number of pyridine rings is 1. The maximum Gasteiger partial charge on any atom is 0.257 e. The molecule has 4 nitrogen and oxygen atoms in total. The summed E-state index contributed by atoms with van der Waals surface area (Å²) in [4.78, 5) is 16.5. The third-order valence-electron chi connectivity index (χ3n) is 3.85. The molecule has 0 saturated heterocycles. The number of aryl methyl sites for hydroxylation is 2. The molecule has 0 aliphatic rings. The molecule has 0 bridgehead atoms. The summed E-state index contributed by atoms with van der Waals surface area (Å²) in [6.45, 7) is 3.91. The van der Waals surface area contributed by atoms with E-state index in [1.807, 2.05) is 32.0 Å². The number of aromatic nitrogens is 1. The van der Waals surface area contributed by atoms with Crippen LogP contribution in [0.4, 0.5) is 26.0 Å². The van der Waals surface area contributed by atoms with E-state index in [1.54, 1.807) is 12.1 Å². The predicted molar refractivity (Wildman–Crippen MR) is 97.7 cm³/mol. The minimum absolute atomic E-state index is 0.274. The second-order valence-corrected chi connectivity index (χ2v) is 5.96. The molecule has 0 aliphatic carbocycles. The molecular weight excluding hydrogens is 336 g/mol. The molecule has 0 fully saturated rings. The molecular formula is C20H17F2N3O. The molecule has 1 heterocycles. The van der Waals surface area contributed by atoms with Crippen LogP contribution in [-0.4, -0.2) is 10.9 Å². The first-order valence-corrected chi connectivity index (χ1v) is 7.99. The van der Waals surface area contributed by atoms with Crippen molar-refractivity contribution < 1.29 is 13.6 Å². The summed E-state index contributed by atoms with van der Waals surface area (Å²) in [7, 11) is 0. The Bertz CT molecular complexity index is 956. The molecule has 0 saturated carbocycles. The summed E-state index contributed by atoms with van der Waals surface area (Å²) >= 11 is 0. The van der Waals surface area contributed by atoms with Crippen LogP contribution in [0.3, 0.4) is 0 Å². The van der Waals surface area contributed by atoms with E-state index in [2.05, 4.69) is 15.6 Å². The third kappa shape index (κ3) is 4.03. The molecule has 3 aromatic rings. The lowest BCUT2D eigenvalue weighted by molar-refractivity contribution is 0.102. The van der Waals surface area contributed by atoms with Gasteiger partial charge < -0.3 is 10.6 Å². The van der Waals surface area contributed by atoms with Gasteiger partial charge in [-0.1, -0.05) is 17.7 Å². The van der Waals surface area contributed by atoms with Gasteiger partial charge in [-0.2, -0.15) is 0 Å². The highest BCUT2D eigenvalue weighted by Crippen LogP contribution is 2.19. The first-order valence-electron chi connectivity index (χ1n) is 7.99. The average molecular weight is 353 g/mol. The van der Waals surface area contributed by atoms with Crippen LogP contribution in [0.1, 0.15) is 21.5 Å². The summed E-state index contributed by atoms with van der Waals surface area (Å²) in [5, 5.41) is 5.70. The molecule has 1 amide bonds. The van der Waals surface area contributed by atoms with E-state index in [0.29, 0.717) is 17.1 Å². The number of nitrogens with one attached hydrogen (secondary N) is 2. The quantitative estimate of drug-likeness (QED) is 0.696. The van der Waals surface area contributed by atoms with Crippen LogP contribution < -0.4 is 10.6 Å². The number of anilines is 3. The lowest BCUT2D eigenvalue weighted by Gasteiger charge is -2.10. The van der Waals surface area contributed by atoms with E-state index in [0.717, 1.165) is 28.9 Å². The lowest BCUT2D eigenvalue weighted by atomic mass is 10.1. The Morgan fingerprint density at radius 2 is 1.77 bits per heavy atom. The molecule has 0 radical (unpaired) electrons. The zero-order valence-electron chi connectivity index (χ0n) is 14.3. The third-order valence-corrected chi connectivity index (χ3v) is 3.85. The van der Waals surface area contributed by atoms with Gasteiger partial charge in [0, 0.05) is 23.6 Å². The minimum atomic E-state index is -0.945. The summed E-state index contributed by atoms with van der Waals surface area (Å²) in [6, 6.07) is 12.4. The van der Waals surface area contributed by atoms with Gasteiger partial charge in [-0.25, -0.2) is 13.8 Å². The van der Waals surface area contributed by atoms with E-state index in [-0.39, 0.29) is 5.91 Å². The van der Waals surface area contributed by atoms with Gasteiger partial charge in [-0.15, -0.1) is 0 Å². The second-order valence-electron chi connectivity index (χ2n) is 5.96. The Morgan fingerprint density at radius 1 is 0.962 bits per heavy atom. The summed E-state index contributed by atoms with van der Waals surface area (Å²) in [6.07, 6.45) is 1.42. The Labute approximate surface area is 149 Å². The van der Waals surface area contributed by atoms with E-state index in [9.17, 15) is 13.6 Å². The molecule has 132 valence electrons. The van der Waals surface area contributed by atoms with Crippen molar-refractivity contribution >= 4 is 23.1 Å². The van der Waals surface area contributed by atoms with Gasteiger partial charge in [-0.3, -0.25) is 4.79 Å². The number of hydrogen-bond donors (Lipinski definition) is 2. The zero-order chi connectivity index (χ0) is 18.7. The second kappa shape index (κ2) is 7.31. The number of nitrogens with zero attached hydrogens (tertiary/aromatic N) is 1. The first kappa shape index (κ1) is 17.5. The van der Waals surface area contributed by atoms with Crippen molar-refractivity contribution in [1.82, 2.24) is 4.98 Å². The first-order chi connectivity index (χ1) is 12.4. The van der Waals surface area contributed by atoms with Crippen LogP contribution in [0.25, 0.3) is 0 Å². The van der Waals surface area contributed by atoms with Gasteiger partial charge in [-0.05, 0) is 49.7 Å². The van der Waals surface area contributed by atoms with Gasteiger partial charge in [0.2, 0.25) is 0 Å². The van der Waals surface area contributed by atoms with Crippen molar-refractivity contribution in [3.05, 3.63) is 83.1 Å². The number of benzene rings is 2. The number of amides is 1. The van der Waals surface area contributed by atoms with E-state index < -0.39 is 11.6 Å². The number of rotatable bonds is 4. The van der Waals surface area contributed by atoms with Crippen molar-refractivity contribution in [3.63, 3.8) is 0 Å². The van der Waals surface area contributed by atoms with Crippen LogP contribution in [0.2, 0.25) is 0 Å². The van der Waals surface area contributed by atoms with Crippen molar-refractivity contribution in [2.45, 2.75) is 13.8 Å². The minimum Gasteiger partial charge on any atom is -0.340 e. The highest BCUT2D eigenvalue weighted by molar-refractivity contribution is 6.04. The molecule has 26 heavy (non-hydrogen) atoms. The number of carbonyl (C=O) groups excluding carboxylic acids is 1. The Morgan fingerprint density at radius 3 is 2.42 bits per heavy atom. The van der Waals surface area contributed by atoms with Crippen molar-refractivity contribution in [2.75, 3.05) is 10.6 Å². The topological polar surface area (TPSA) is 54.0 Å². The summed E-state index contributed by atoms with van der Waals surface area (Å²) in [5.41, 5.74) is 3.59. The van der Waals surface area contributed by atoms with Crippen LogP contribution in [0, 0.1) is 25.5 Å². The Kier molecular flexibility index (Phi) is 4.93. The van der Waals surface area contributed by atoms with Gasteiger partial charge >= 0.3 is 0 Å². The number of halogens is 2. The smallest absolute Gasteiger partial charge is 0.257 e. The van der Waals surface area contributed by atoms with Crippen molar-refractivity contribution in [3.8, 4) is 0 Å². The molecule has 6 heteroatoms.